The van der Waals surface area contributed by atoms with Gasteiger partial charge in [0.2, 0.25) is 0 Å². The summed E-state index contributed by atoms with van der Waals surface area (Å²) in [4.78, 5) is 17.2. The smallest absolute Gasteiger partial charge is 0.274 e. The Kier molecular flexibility index (Phi) is 4.73. The van der Waals surface area contributed by atoms with E-state index in [2.05, 4.69) is 5.48 Å². The quantitative estimate of drug-likeness (QED) is 0.815. The predicted molar refractivity (Wildman–Crippen MR) is 68.0 cm³/mol. The third kappa shape index (κ3) is 3.55. The van der Waals surface area contributed by atoms with Crippen LogP contribution >= 0.6 is 0 Å². The van der Waals surface area contributed by atoms with Gasteiger partial charge in [-0.1, -0.05) is 25.0 Å². The molecule has 1 aromatic rings. The van der Waals surface area contributed by atoms with Crippen LogP contribution in [0.2, 0.25) is 0 Å². The predicted octanol–water partition coefficient (Wildman–Crippen LogP) is 2.44. The Morgan fingerprint density at radius 1 is 1.28 bits per heavy atom. The van der Waals surface area contributed by atoms with Crippen LogP contribution in [0.3, 0.4) is 0 Å². The molecule has 4 heteroatoms. The lowest BCUT2D eigenvalue weighted by molar-refractivity contribution is -0.0124. The van der Waals surface area contributed by atoms with E-state index in [1.54, 1.807) is 19.2 Å². The SMILES string of the molecule is COCc1ccc(C(=O)NOC2CCCC2)cc1. The summed E-state index contributed by atoms with van der Waals surface area (Å²) >= 11 is 0. The van der Waals surface area contributed by atoms with E-state index in [0.717, 1.165) is 18.4 Å². The highest BCUT2D eigenvalue weighted by molar-refractivity contribution is 5.93. The minimum atomic E-state index is -0.189. The van der Waals surface area contributed by atoms with Gasteiger partial charge in [0.15, 0.2) is 0 Å². The molecule has 0 radical (unpaired) electrons. The topological polar surface area (TPSA) is 47.6 Å². The van der Waals surface area contributed by atoms with Crippen molar-refractivity contribution in [2.24, 2.45) is 0 Å². The van der Waals surface area contributed by atoms with Crippen LogP contribution < -0.4 is 5.48 Å². The number of rotatable bonds is 5. The first-order valence-electron chi connectivity index (χ1n) is 6.33. The van der Waals surface area contributed by atoms with E-state index >= 15 is 0 Å². The maximum atomic E-state index is 11.8. The molecule has 2 rings (SSSR count). The molecule has 18 heavy (non-hydrogen) atoms. The zero-order valence-corrected chi connectivity index (χ0v) is 10.6. The van der Waals surface area contributed by atoms with Crippen LogP contribution in [0.5, 0.6) is 0 Å². The molecule has 1 saturated carbocycles. The summed E-state index contributed by atoms with van der Waals surface area (Å²) in [6.07, 6.45) is 4.63. The summed E-state index contributed by atoms with van der Waals surface area (Å²) < 4.78 is 5.02. The lowest BCUT2D eigenvalue weighted by Crippen LogP contribution is -2.28. The molecule has 0 spiro atoms. The van der Waals surface area contributed by atoms with E-state index in [0.29, 0.717) is 12.2 Å². The van der Waals surface area contributed by atoms with Gasteiger partial charge < -0.3 is 4.74 Å². The molecule has 98 valence electrons. The van der Waals surface area contributed by atoms with E-state index in [9.17, 15) is 4.79 Å². The molecular weight excluding hydrogens is 230 g/mol. The van der Waals surface area contributed by atoms with Gasteiger partial charge in [0.25, 0.3) is 5.91 Å². The molecule has 0 atom stereocenters. The van der Waals surface area contributed by atoms with Crippen molar-refractivity contribution in [3.8, 4) is 0 Å². The standard InChI is InChI=1S/C14H19NO3/c1-17-10-11-6-8-12(9-7-11)14(16)15-18-13-4-2-3-5-13/h6-9,13H,2-5,10H2,1H3,(H,15,16). The van der Waals surface area contributed by atoms with Crippen molar-refractivity contribution in [3.05, 3.63) is 35.4 Å². The molecule has 0 saturated heterocycles. The first-order chi connectivity index (χ1) is 8.79. The molecule has 0 unspecified atom stereocenters. The van der Waals surface area contributed by atoms with E-state index in [4.69, 9.17) is 9.57 Å². The minimum Gasteiger partial charge on any atom is -0.380 e. The maximum Gasteiger partial charge on any atom is 0.274 e. The molecule has 1 aliphatic rings. The molecule has 1 aromatic carbocycles. The van der Waals surface area contributed by atoms with E-state index in [1.165, 1.54) is 12.8 Å². The molecule has 1 N–H and O–H groups in total. The van der Waals surface area contributed by atoms with E-state index in [-0.39, 0.29) is 12.0 Å². The summed E-state index contributed by atoms with van der Waals surface area (Å²) in [6, 6.07) is 7.32. The summed E-state index contributed by atoms with van der Waals surface area (Å²) in [5, 5.41) is 0. The van der Waals surface area contributed by atoms with Gasteiger partial charge in [-0.25, -0.2) is 5.48 Å². The maximum absolute atomic E-state index is 11.8. The second kappa shape index (κ2) is 6.52. The highest BCUT2D eigenvalue weighted by Crippen LogP contribution is 2.20. The second-order valence-corrected chi connectivity index (χ2v) is 4.59. The number of benzene rings is 1. The fourth-order valence-electron chi connectivity index (χ4n) is 2.12. The Morgan fingerprint density at radius 3 is 2.56 bits per heavy atom. The first kappa shape index (κ1) is 13.1. The molecule has 1 fully saturated rings. The van der Waals surface area contributed by atoms with Gasteiger partial charge in [0.1, 0.15) is 0 Å². The fraction of sp³-hybridized carbons (Fsp3) is 0.500. The lowest BCUT2D eigenvalue weighted by atomic mass is 10.1. The fourth-order valence-corrected chi connectivity index (χ4v) is 2.12. The number of hydroxylamine groups is 1. The third-order valence-electron chi connectivity index (χ3n) is 3.15. The Balaban J connectivity index is 1.83. The number of hydrogen-bond donors (Lipinski definition) is 1. The monoisotopic (exact) mass is 249 g/mol. The number of amides is 1. The van der Waals surface area contributed by atoms with Crippen molar-refractivity contribution < 1.29 is 14.4 Å². The highest BCUT2D eigenvalue weighted by Gasteiger charge is 2.17. The van der Waals surface area contributed by atoms with E-state index in [1.807, 2.05) is 12.1 Å². The number of nitrogens with one attached hydrogen (secondary N) is 1. The van der Waals surface area contributed by atoms with Crippen LogP contribution in [-0.4, -0.2) is 19.1 Å². The zero-order chi connectivity index (χ0) is 12.8. The molecule has 1 amide bonds. The number of hydrogen-bond acceptors (Lipinski definition) is 3. The highest BCUT2D eigenvalue weighted by atomic mass is 16.7. The number of carbonyl (C=O) groups is 1. The Hall–Kier alpha value is -1.39. The van der Waals surface area contributed by atoms with Gasteiger partial charge in [0, 0.05) is 12.7 Å². The molecule has 1 aliphatic carbocycles. The largest absolute Gasteiger partial charge is 0.380 e. The number of methoxy groups -OCH3 is 1. The van der Waals surface area contributed by atoms with Gasteiger partial charge >= 0.3 is 0 Å². The summed E-state index contributed by atoms with van der Waals surface area (Å²) in [5.41, 5.74) is 4.17. The Labute approximate surface area is 107 Å². The zero-order valence-electron chi connectivity index (χ0n) is 10.6. The number of ether oxygens (including phenoxy) is 1. The first-order valence-corrected chi connectivity index (χ1v) is 6.33. The van der Waals surface area contributed by atoms with Crippen LogP contribution in [-0.2, 0) is 16.2 Å². The molecule has 0 heterocycles. The van der Waals surface area contributed by atoms with Crippen LogP contribution in [0, 0.1) is 0 Å². The Bertz CT molecular complexity index is 383. The van der Waals surface area contributed by atoms with Crippen molar-refractivity contribution in [1.82, 2.24) is 5.48 Å². The number of carbonyl (C=O) groups excluding carboxylic acids is 1. The molecule has 0 aliphatic heterocycles. The van der Waals surface area contributed by atoms with Crippen LogP contribution in [0.25, 0.3) is 0 Å². The average molecular weight is 249 g/mol. The summed E-state index contributed by atoms with van der Waals surface area (Å²) in [7, 11) is 1.65. The van der Waals surface area contributed by atoms with E-state index < -0.39 is 0 Å². The summed E-state index contributed by atoms with van der Waals surface area (Å²) in [5.74, 6) is -0.189. The molecule has 0 bridgehead atoms. The average Bonchev–Trinajstić information content (AvgIpc) is 2.90. The van der Waals surface area contributed by atoms with Crippen LogP contribution in [0.15, 0.2) is 24.3 Å². The van der Waals surface area contributed by atoms with Gasteiger partial charge in [0.05, 0.1) is 12.7 Å². The third-order valence-corrected chi connectivity index (χ3v) is 3.15. The molecule has 4 nitrogen and oxygen atoms in total. The molecule has 0 aromatic heterocycles. The van der Waals surface area contributed by atoms with Gasteiger partial charge in [-0.3, -0.25) is 9.63 Å². The van der Waals surface area contributed by atoms with Crippen molar-refractivity contribution >= 4 is 5.91 Å². The second-order valence-electron chi connectivity index (χ2n) is 4.59. The normalized spacial score (nSPS) is 15.8. The lowest BCUT2D eigenvalue weighted by Gasteiger charge is -2.11. The van der Waals surface area contributed by atoms with Crippen molar-refractivity contribution in [2.75, 3.05) is 7.11 Å². The van der Waals surface area contributed by atoms with Gasteiger partial charge in [-0.2, -0.15) is 0 Å². The Morgan fingerprint density at radius 2 is 1.94 bits per heavy atom. The van der Waals surface area contributed by atoms with Crippen molar-refractivity contribution in [1.29, 1.82) is 0 Å². The van der Waals surface area contributed by atoms with Crippen LogP contribution in [0.4, 0.5) is 0 Å². The molecular formula is C14H19NO3. The van der Waals surface area contributed by atoms with Crippen molar-refractivity contribution in [3.63, 3.8) is 0 Å². The van der Waals surface area contributed by atoms with Crippen molar-refractivity contribution in [2.45, 2.75) is 38.4 Å². The van der Waals surface area contributed by atoms with Gasteiger partial charge in [-0.05, 0) is 30.5 Å². The minimum absolute atomic E-state index is 0.182. The van der Waals surface area contributed by atoms with Gasteiger partial charge in [-0.15, -0.1) is 0 Å². The summed E-state index contributed by atoms with van der Waals surface area (Å²) in [6.45, 7) is 0.556. The van der Waals surface area contributed by atoms with Crippen LogP contribution in [0.1, 0.15) is 41.6 Å².